The highest BCUT2D eigenvalue weighted by atomic mass is 16.1. The van der Waals surface area contributed by atoms with Crippen molar-refractivity contribution in [1.29, 1.82) is 0 Å². The van der Waals surface area contributed by atoms with Gasteiger partial charge in [0.1, 0.15) is 0 Å². The molecule has 24 heavy (non-hydrogen) atoms. The summed E-state index contributed by atoms with van der Waals surface area (Å²) in [5, 5.41) is 4.46. The van der Waals surface area contributed by atoms with Gasteiger partial charge in [-0.05, 0) is 32.3 Å². The minimum absolute atomic E-state index is 0.198. The fourth-order valence-electron chi connectivity index (χ4n) is 2.71. The molecule has 2 aromatic carbocycles. The number of fused-ring (bicyclic) bond motifs is 2. The minimum Gasteiger partial charge on any atom is -0.399 e. The van der Waals surface area contributed by atoms with Crippen LogP contribution in [-0.4, -0.2) is 43.0 Å². The third-order valence-corrected chi connectivity index (χ3v) is 3.94. The second kappa shape index (κ2) is 6.33. The van der Waals surface area contributed by atoms with Crippen LogP contribution in [0.4, 0.5) is 11.4 Å². The van der Waals surface area contributed by atoms with Gasteiger partial charge in [0.2, 0.25) is 0 Å². The lowest BCUT2D eigenvalue weighted by Gasteiger charge is -2.13. The molecule has 0 fully saturated rings. The lowest BCUT2D eigenvalue weighted by Crippen LogP contribution is -2.31. The van der Waals surface area contributed by atoms with Gasteiger partial charge in [0.25, 0.3) is 5.91 Å². The van der Waals surface area contributed by atoms with Crippen LogP contribution in [0.3, 0.4) is 0 Å². The molecular weight excluding hydrogens is 302 g/mol. The van der Waals surface area contributed by atoms with Gasteiger partial charge < -0.3 is 21.7 Å². The molecule has 1 aromatic heterocycles. The van der Waals surface area contributed by atoms with Gasteiger partial charge in [0, 0.05) is 29.5 Å². The zero-order valence-corrected chi connectivity index (χ0v) is 13.8. The van der Waals surface area contributed by atoms with E-state index in [4.69, 9.17) is 11.5 Å². The second-order valence-electron chi connectivity index (χ2n) is 6.07. The lowest BCUT2D eigenvalue weighted by atomic mass is 10.0. The van der Waals surface area contributed by atoms with Crippen LogP contribution in [0.2, 0.25) is 0 Å². The summed E-state index contributed by atoms with van der Waals surface area (Å²) in [6.07, 6.45) is 0. The van der Waals surface area contributed by atoms with E-state index in [-0.39, 0.29) is 5.91 Å². The highest BCUT2D eigenvalue weighted by molar-refractivity contribution is 6.14. The van der Waals surface area contributed by atoms with Crippen molar-refractivity contribution in [3.8, 4) is 0 Å². The Kier molecular flexibility index (Phi) is 4.22. The number of amides is 1. The number of para-hydroxylation sites is 1. The molecule has 0 saturated carbocycles. The van der Waals surface area contributed by atoms with E-state index in [9.17, 15) is 4.79 Å². The smallest absolute Gasteiger partial charge is 0.253 e. The van der Waals surface area contributed by atoms with E-state index in [1.54, 1.807) is 12.1 Å². The third-order valence-electron chi connectivity index (χ3n) is 3.94. The SMILES string of the molecule is CN(C)CCNC(=O)c1cc(N)cc2c(N)c3ccccc3nc12. The molecule has 124 valence electrons. The van der Waals surface area contributed by atoms with Crippen LogP contribution in [-0.2, 0) is 0 Å². The van der Waals surface area contributed by atoms with Gasteiger partial charge in [-0.3, -0.25) is 4.79 Å². The molecule has 0 bridgehead atoms. The number of hydrogen-bond acceptors (Lipinski definition) is 5. The third kappa shape index (κ3) is 2.96. The number of nitrogen functional groups attached to an aromatic ring is 2. The van der Waals surface area contributed by atoms with E-state index in [0.717, 1.165) is 17.4 Å². The molecule has 0 atom stereocenters. The summed E-state index contributed by atoms with van der Waals surface area (Å²) in [5.41, 5.74) is 15.1. The molecule has 0 unspecified atom stereocenters. The molecule has 3 rings (SSSR count). The van der Waals surface area contributed by atoms with Crippen LogP contribution in [0.1, 0.15) is 10.4 Å². The van der Waals surface area contributed by atoms with E-state index in [2.05, 4.69) is 10.3 Å². The first-order valence-electron chi connectivity index (χ1n) is 7.77. The van der Waals surface area contributed by atoms with Gasteiger partial charge >= 0.3 is 0 Å². The average Bonchev–Trinajstić information content (AvgIpc) is 2.55. The lowest BCUT2D eigenvalue weighted by molar-refractivity contribution is 0.0952. The molecule has 0 aliphatic carbocycles. The number of aromatic nitrogens is 1. The summed E-state index contributed by atoms with van der Waals surface area (Å²) in [6.45, 7) is 1.30. The summed E-state index contributed by atoms with van der Waals surface area (Å²) < 4.78 is 0. The Morgan fingerprint density at radius 2 is 1.92 bits per heavy atom. The number of pyridine rings is 1. The molecule has 3 aromatic rings. The Labute approximate surface area is 140 Å². The zero-order valence-electron chi connectivity index (χ0n) is 13.8. The van der Waals surface area contributed by atoms with Gasteiger partial charge in [0.15, 0.2) is 0 Å². The Morgan fingerprint density at radius 3 is 2.67 bits per heavy atom. The quantitative estimate of drug-likeness (QED) is 0.503. The molecule has 0 aliphatic rings. The van der Waals surface area contributed by atoms with Crippen molar-refractivity contribution >= 4 is 39.1 Å². The fourth-order valence-corrected chi connectivity index (χ4v) is 2.71. The van der Waals surface area contributed by atoms with Crippen LogP contribution in [0.25, 0.3) is 21.8 Å². The summed E-state index contributed by atoms with van der Waals surface area (Å²) >= 11 is 0. The van der Waals surface area contributed by atoms with Crippen LogP contribution in [0, 0.1) is 0 Å². The van der Waals surface area contributed by atoms with Crippen molar-refractivity contribution in [2.45, 2.75) is 0 Å². The number of likely N-dealkylation sites (N-methyl/N-ethyl adjacent to an activating group) is 1. The number of nitrogens with one attached hydrogen (secondary N) is 1. The summed E-state index contributed by atoms with van der Waals surface area (Å²) in [6, 6.07) is 11.0. The number of anilines is 2. The summed E-state index contributed by atoms with van der Waals surface area (Å²) in [4.78, 5) is 19.2. The molecule has 0 spiro atoms. The highest BCUT2D eigenvalue weighted by Gasteiger charge is 2.16. The largest absolute Gasteiger partial charge is 0.399 e. The van der Waals surface area contributed by atoms with Crippen molar-refractivity contribution in [3.63, 3.8) is 0 Å². The van der Waals surface area contributed by atoms with Crippen LogP contribution in [0.5, 0.6) is 0 Å². The molecule has 0 saturated heterocycles. The van der Waals surface area contributed by atoms with Gasteiger partial charge in [-0.2, -0.15) is 0 Å². The number of carbonyl (C=O) groups excluding carboxylic acids is 1. The van der Waals surface area contributed by atoms with Crippen molar-refractivity contribution in [1.82, 2.24) is 15.2 Å². The Morgan fingerprint density at radius 1 is 1.17 bits per heavy atom. The molecule has 5 N–H and O–H groups in total. The first-order chi connectivity index (χ1) is 11.5. The topological polar surface area (TPSA) is 97.3 Å². The van der Waals surface area contributed by atoms with Crippen LogP contribution >= 0.6 is 0 Å². The first-order valence-corrected chi connectivity index (χ1v) is 7.77. The van der Waals surface area contributed by atoms with Crippen molar-refractivity contribution in [3.05, 3.63) is 42.0 Å². The molecule has 6 heteroatoms. The van der Waals surface area contributed by atoms with E-state index in [0.29, 0.717) is 34.4 Å². The average molecular weight is 323 g/mol. The Balaban J connectivity index is 2.12. The summed E-state index contributed by atoms with van der Waals surface area (Å²) in [7, 11) is 3.91. The van der Waals surface area contributed by atoms with Crippen LogP contribution < -0.4 is 16.8 Å². The van der Waals surface area contributed by atoms with Crippen LogP contribution in [0.15, 0.2) is 36.4 Å². The van der Waals surface area contributed by atoms with Gasteiger partial charge in [-0.15, -0.1) is 0 Å². The van der Waals surface area contributed by atoms with E-state index in [1.165, 1.54) is 0 Å². The highest BCUT2D eigenvalue weighted by Crippen LogP contribution is 2.31. The number of carbonyl (C=O) groups is 1. The Bertz CT molecular complexity index is 920. The predicted molar refractivity (Wildman–Crippen MR) is 99.0 cm³/mol. The van der Waals surface area contributed by atoms with E-state index >= 15 is 0 Å². The minimum atomic E-state index is -0.198. The molecule has 0 radical (unpaired) electrons. The Hall–Kier alpha value is -2.86. The van der Waals surface area contributed by atoms with Crippen molar-refractivity contribution in [2.75, 3.05) is 38.7 Å². The molecule has 0 aliphatic heterocycles. The maximum atomic E-state index is 12.6. The molecule has 1 heterocycles. The van der Waals surface area contributed by atoms with Gasteiger partial charge in [-0.25, -0.2) is 4.98 Å². The normalized spacial score (nSPS) is 11.3. The maximum absolute atomic E-state index is 12.6. The maximum Gasteiger partial charge on any atom is 0.253 e. The predicted octanol–water partition coefficient (Wildman–Crippen LogP) is 1.84. The van der Waals surface area contributed by atoms with Gasteiger partial charge in [0.05, 0.1) is 22.3 Å². The molecular formula is C18H21N5O. The molecule has 1 amide bonds. The zero-order chi connectivity index (χ0) is 17.3. The number of nitrogens with zero attached hydrogens (tertiary/aromatic N) is 2. The number of benzene rings is 2. The van der Waals surface area contributed by atoms with E-state index in [1.807, 2.05) is 43.3 Å². The second-order valence-corrected chi connectivity index (χ2v) is 6.07. The molecule has 6 nitrogen and oxygen atoms in total. The summed E-state index contributed by atoms with van der Waals surface area (Å²) in [5.74, 6) is -0.198. The number of hydrogen-bond donors (Lipinski definition) is 3. The van der Waals surface area contributed by atoms with Crippen molar-refractivity contribution < 1.29 is 4.79 Å². The number of nitrogens with two attached hydrogens (primary N) is 2. The van der Waals surface area contributed by atoms with Crippen molar-refractivity contribution in [2.24, 2.45) is 0 Å². The van der Waals surface area contributed by atoms with Gasteiger partial charge in [-0.1, -0.05) is 18.2 Å². The standard InChI is InChI=1S/C18H21N5O/c1-23(2)8-7-21-18(24)14-10-11(19)9-13-16(20)12-5-3-4-6-15(12)22-17(13)14/h3-6,9-10H,7-8,19H2,1-2H3,(H2,20,22)(H,21,24). The monoisotopic (exact) mass is 323 g/mol. The first kappa shape index (κ1) is 16.0. The van der Waals surface area contributed by atoms with E-state index < -0.39 is 0 Å². The fraction of sp³-hybridized carbons (Fsp3) is 0.222. The number of rotatable bonds is 4.